The van der Waals surface area contributed by atoms with Gasteiger partial charge in [-0.2, -0.15) is 0 Å². The monoisotopic (exact) mass is 295 g/mol. The van der Waals surface area contributed by atoms with Crippen LogP contribution >= 0.6 is 11.3 Å². The SMILES string of the molecule is Cc1sc(C(=O)NC(C)C(=O)N2CCCCC2)cc1N. The van der Waals surface area contributed by atoms with Crippen molar-refractivity contribution in [2.75, 3.05) is 18.8 Å². The second-order valence-corrected chi connectivity index (χ2v) is 6.46. The summed E-state index contributed by atoms with van der Waals surface area (Å²) in [4.78, 5) is 27.6. The molecule has 0 aromatic carbocycles. The normalized spacial score (nSPS) is 16.8. The molecule has 0 spiro atoms. The van der Waals surface area contributed by atoms with Crippen LogP contribution in [-0.4, -0.2) is 35.8 Å². The Morgan fingerprint density at radius 3 is 2.55 bits per heavy atom. The minimum absolute atomic E-state index is 0.000648. The molecular weight excluding hydrogens is 274 g/mol. The van der Waals surface area contributed by atoms with Crippen LogP contribution in [0.25, 0.3) is 0 Å². The second-order valence-electron chi connectivity index (χ2n) is 5.20. The van der Waals surface area contributed by atoms with E-state index in [-0.39, 0.29) is 11.8 Å². The van der Waals surface area contributed by atoms with Crippen LogP contribution in [0.15, 0.2) is 6.07 Å². The molecule has 1 unspecified atom stereocenters. The van der Waals surface area contributed by atoms with Crippen molar-refractivity contribution in [2.24, 2.45) is 0 Å². The second kappa shape index (κ2) is 6.26. The number of carbonyl (C=O) groups is 2. The van der Waals surface area contributed by atoms with E-state index in [9.17, 15) is 9.59 Å². The zero-order valence-corrected chi connectivity index (χ0v) is 12.8. The summed E-state index contributed by atoms with van der Waals surface area (Å²) in [6, 6.07) is 1.16. The molecule has 6 heteroatoms. The van der Waals surface area contributed by atoms with Gasteiger partial charge in [0.15, 0.2) is 0 Å². The van der Waals surface area contributed by atoms with Gasteiger partial charge in [-0.3, -0.25) is 9.59 Å². The Balaban J connectivity index is 1.94. The van der Waals surface area contributed by atoms with Crippen LogP contribution in [0.2, 0.25) is 0 Å². The minimum atomic E-state index is -0.496. The third-order valence-corrected chi connectivity index (χ3v) is 4.63. The number of nitrogens with two attached hydrogens (primary N) is 1. The first-order valence-corrected chi connectivity index (χ1v) is 7.76. The van der Waals surface area contributed by atoms with Crippen LogP contribution in [0.1, 0.15) is 40.7 Å². The maximum absolute atomic E-state index is 12.2. The number of anilines is 1. The number of nitrogen functional groups attached to an aromatic ring is 1. The summed E-state index contributed by atoms with van der Waals surface area (Å²) in [5.74, 6) is -0.230. The van der Waals surface area contributed by atoms with Gasteiger partial charge in [0.05, 0.1) is 4.88 Å². The van der Waals surface area contributed by atoms with Crippen LogP contribution in [0.4, 0.5) is 5.69 Å². The lowest BCUT2D eigenvalue weighted by Gasteiger charge is -2.29. The summed E-state index contributed by atoms with van der Waals surface area (Å²) in [6.07, 6.45) is 3.28. The van der Waals surface area contributed by atoms with Crippen molar-refractivity contribution in [1.82, 2.24) is 10.2 Å². The van der Waals surface area contributed by atoms with E-state index in [2.05, 4.69) is 5.32 Å². The van der Waals surface area contributed by atoms with Crippen molar-refractivity contribution in [2.45, 2.75) is 39.2 Å². The maximum atomic E-state index is 12.2. The molecule has 1 aromatic heterocycles. The van der Waals surface area contributed by atoms with Gasteiger partial charge in [0, 0.05) is 23.7 Å². The van der Waals surface area contributed by atoms with Crippen molar-refractivity contribution in [3.63, 3.8) is 0 Å². The van der Waals surface area contributed by atoms with Gasteiger partial charge < -0.3 is 16.0 Å². The first-order valence-electron chi connectivity index (χ1n) is 6.94. The Kier molecular flexibility index (Phi) is 4.65. The number of nitrogens with zero attached hydrogens (tertiary/aromatic N) is 1. The molecule has 1 atom stereocenters. The molecule has 1 aliphatic rings. The van der Waals surface area contributed by atoms with Gasteiger partial charge >= 0.3 is 0 Å². The molecule has 0 aliphatic carbocycles. The van der Waals surface area contributed by atoms with Gasteiger partial charge in [-0.1, -0.05) is 0 Å². The molecule has 0 saturated carbocycles. The van der Waals surface area contributed by atoms with Crippen molar-refractivity contribution >= 4 is 28.8 Å². The molecule has 110 valence electrons. The van der Waals surface area contributed by atoms with Crippen molar-refractivity contribution in [3.05, 3.63) is 15.8 Å². The number of nitrogens with one attached hydrogen (secondary N) is 1. The smallest absolute Gasteiger partial charge is 0.262 e. The van der Waals surface area contributed by atoms with E-state index in [0.717, 1.165) is 30.8 Å². The molecule has 3 N–H and O–H groups in total. The van der Waals surface area contributed by atoms with Crippen LogP contribution in [0.3, 0.4) is 0 Å². The van der Waals surface area contributed by atoms with Crippen molar-refractivity contribution in [3.8, 4) is 0 Å². The van der Waals surface area contributed by atoms with Gasteiger partial charge in [-0.05, 0) is 39.2 Å². The molecule has 0 bridgehead atoms. The fourth-order valence-corrected chi connectivity index (χ4v) is 3.17. The summed E-state index contributed by atoms with van der Waals surface area (Å²) in [6.45, 7) is 5.20. The summed E-state index contributed by atoms with van der Waals surface area (Å²) in [5.41, 5.74) is 6.36. The number of thiophene rings is 1. The van der Waals surface area contributed by atoms with E-state index in [0.29, 0.717) is 10.6 Å². The van der Waals surface area contributed by atoms with Gasteiger partial charge in [-0.25, -0.2) is 0 Å². The number of carbonyl (C=O) groups excluding carboxylic acids is 2. The molecule has 2 amide bonds. The molecule has 0 radical (unpaired) electrons. The highest BCUT2D eigenvalue weighted by Gasteiger charge is 2.24. The summed E-state index contributed by atoms with van der Waals surface area (Å²) < 4.78 is 0. The number of amides is 2. The zero-order chi connectivity index (χ0) is 14.7. The number of hydrogen-bond acceptors (Lipinski definition) is 4. The number of hydrogen-bond donors (Lipinski definition) is 2. The van der Waals surface area contributed by atoms with Crippen molar-refractivity contribution in [1.29, 1.82) is 0 Å². The fourth-order valence-electron chi connectivity index (χ4n) is 2.33. The molecule has 20 heavy (non-hydrogen) atoms. The van der Waals surface area contributed by atoms with Gasteiger partial charge in [0.2, 0.25) is 5.91 Å². The molecule has 1 aromatic rings. The van der Waals surface area contributed by atoms with Gasteiger partial charge in [-0.15, -0.1) is 11.3 Å². The zero-order valence-electron chi connectivity index (χ0n) is 11.9. The lowest BCUT2D eigenvalue weighted by atomic mass is 10.1. The number of rotatable bonds is 3. The number of likely N-dealkylation sites (tertiary alicyclic amines) is 1. The van der Waals surface area contributed by atoms with Crippen LogP contribution in [-0.2, 0) is 4.79 Å². The molecule has 5 nitrogen and oxygen atoms in total. The van der Waals surface area contributed by atoms with Crippen LogP contribution < -0.4 is 11.1 Å². The molecule has 2 heterocycles. The third kappa shape index (κ3) is 3.30. The summed E-state index contributed by atoms with van der Waals surface area (Å²) >= 11 is 1.35. The predicted octanol–water partition coefficient (Wildman–Crippen LogP) is 1.77. The molecule has 1 saturated heterocycles. The Morgan fingerprint density at radius 2 is 2.00 bits per heavy atom. The first kappa shape index (κ1) is 14.8. The van der Waals surface area contributed by atoms with Crippen LogP contribution in [0.5, 0.6) is 0 Å². The molecule has 1 fully saturated rings. The average molecular weight is 295 g/mol. The van der Waals surface area contributed by atoms with E-state index in [1.54, 1.807) is 13.0 Å². The highest BCUT2D eigenvalue weighted by Crippen LogP contribution is 2.23. The standard InChI is InChI=1S/C14H21N3O2S/c1-9(14(19)17-6-4-3-5-7-17)16-13(18)12-8-11(15)10(2)20-12/h8-9H,3-7,15H2,1-2H3,(H,16,18). The summed E-state index contributed by atoms with van der Waals surface area (Å²) in [5, 5.41) is 2.76. The number of piperidine rings is 1. The average Bonchev–Trinajstić information content (AvgIpc) is 2.79. The van der Waals surface area contributed by atoms with Crippen LogP contribution in [0, 0.1) is 6.92 Å². The Morgan fingerprint density at radius 1 is 1.35 bits per heavy atom. The maximum Gasteiger partial charge on any atom is 0.262 e. The predicted molar refractivity (Wildman–Crippen MR) is 80.8 cm³/mol. The Bertz CT molecular complexity index is 487. The van der Waals surface area contributed by atoms with E-state index >= 15 is 0 Å². The Labute approximate surface area is 123 Å². The highest BCUT2D eigenvalue weighted by molar-refractivity contribution is 7.14. The fraction of sp³-hybridized carbons (Fsp3) is 0.571. The quantitative estimate of drug-likeness (QED) is 0.892. The largest absolute Gasteiger partial charge is 0.398 e. The molecule has 2 rings (SSSR count). The van der Waals surface area contributed by atoms with Gasteiger partial charge in [0.1, 0.15) is 6.04 Å². The highest BCUT2D eigenvalue weighted by atomic mass is 32.1. The molecule has 1 aliphatic heterocycles. The van der Waals surface area contributed by atoms with E-state index in [1.165, 1.54) is 17.8 Å². The first-order chi connectivity index (χ1) is 9.49. The van der Waals surface area contributed by atoms with Gasteiger partial charge in [0.25, 0.3) is 5.91 Å². The van der Waals surface area contributed by atoms with E-state index in [1.807, 2.05) is 11.8 Å². The minimum Gasteiger partial charge on any atom is -0.398 e. The topological polar surface area (TPSA) is 75.4 Å². The van der Waals surface area contributed by atoms with Crippen molar-refractivity contribution < 1.29 is 9.59 Å². The third-order valence-electron chi connectivity index (χ3n) is 3.57. The molecular formula is C14H21N3O2S. The lowest BCUT2D eigenvalue weighted by Crippen LogP contribution is -2.48. The lowest BCUT2D eigenvalue weighted by molar-refractivity contribution is -0.133. The van der Waals surface area contributed by atoms with E-state index < -0.39 is 6.04 Å². The van der Waals surface area contributed by atoms with E-state index in [4.69, 9.17) is 5.73 Å². The Hall–Kier alpha value is -1.56. The summed E-state index contributed by atoms with van der Waals surface area (Å²) in [7, 11) is 0. The number of aryl methyl sites for hydroxylation is 1.